The molecule has 2 aromatic heterocycles. The summed E-state index contributed by atoms with van der Waals surface area (Å²) in [6.07, 6.45) is 6.72. The molecule has 7 heteroatoms. The molecule has 1 fully saturated rings. The monoisotopic (exact) mass is 340 g/mol. The SMILES string of the molecule is CN(C)Cc1ccnc([C@@H]2CCCN2C(=O)c2n[nH]c3c2CCC3)n1. The van der Waals surface area contributed by atoms with Gasteiger partial charge in [-0.3, -0.25) is 9.89 Å². The minimum Gasteiger partial charge on any atom is -0.327 e. The summed E-state index contributed by atoms with van der Waals surface area (Å²) in [5, 5.41) is 7.35. The smallest absolute Gasteiger partial charge is 0.275 e. The molecule has 1 N–H and O–H groups in total. The van der Waals surface area contributed by atoms with E-state index in [1.54, 1.807) is 6.20 Å². The normalized spacial score (nSPS) is 19.6. The van der Waals surface area contributed by atoms with Crippen LogP contribution in [0.15, 0.2) is 12.3 Å². The second kappa shape index (κ2) is 6.55. The van der Waals surface area contributed by atoms with Crippen LogP contribution >= 0.6 is 0 Å². The van der Waals surface area contributed by atoms with Crippen LogP contribution in [0.3, 0.4) is 0 Å². The molecule has 2 aromatic rings. The molecule has 3 heterocycles. The zero-order chi connectivity index (χ0) is 17.4. The first-order valence-electron chi connectivity index (χ1n) is 8.97. The minimum atomic E-state index is -0.0524. The highest BCUT2D eigenvalue weighted by Gasteiger charge is 2.35. The Balaban J connectivity index is 1.59. The Morgan fingerprint density at radius 3 is 3.08 bits per heavy atom. The van der Waals surface area contributed by atoms with Crippen LogP contribution in [0.1, 0.15) is 58.6 Å². The number of hydrogen-bond donors (Lipinski definition) is 1. The maximum Gasteiger partial charge on any atom is 0.275 e. The van der Waals surface area contributed by atoms with Crippen molar-refractivity contribution in [3.05, 3.63) is 40.7 Å². The number of amides is 1. The molecule has 0 radical (unpaired) electrons. The van der Waals surface area contributed by atoms with E-state index in [1.807, 2.05) is 25.1 Å². The van der Waals surface area contributed by atoms with E-state index in [9.17, 15) is 4.79 Å². The van der Waals surface area contributed by atoms with Crippen LogP contribution in [0.5, 0.6) is 0 Å². The summed E-state index contributed by atoms with van der Waals surface area (Å²) in [4.78, 5) is 26.3. The van der Waals surface area contributed by atoms with Gasteiger partial charge in [0.1, 0.15) is 0 Å². The highest BCUT2D eigenvalue weighted by Crippen LogP contribution is 2.33. The van der Waals surface area contributed by atoms with Gasteiger partial charge in [0.15, 0.2) is 11.5 Å². The van der Waals surface area contributed by atoms with Gasteiger partial charge in [0.2, 0.25) is 0 Å². The minimum absolute atomic E-state index is 0.0171. The average molecular weight is 340 g/mol. The fourth-order valence-electron chi connectivity index (χ4n) is 3.90. The molecular weight excluding hydrogens is 316 g/mol. The summed E-state index contributed by atoms with van der Waals surface area (Å²) < 4.78 is 0. The van der Waals surface area contributed by atoms with Gasteiger partial charge in [-0.2, -0.15) is 5.10 Å². The predicted molar refractivity (Wildman–Crippen MR) is 93.0 cm³/mol. The third-order valence-corrected chi connectivity index (χ3v) is 5.03. The van der Waals surface area contributed by atoms with Crippen molar-refractivity contribution in [2.75, 3.05) is 20.6 Å². The lowest BCUT2D eigenvalue weighted by molar-refractivity contribution is 0.0722. The summed E-state index contributed by atoms with van der Waals surface area (Å²) in [7, 11) is 4.04. The number of H-pyrrole nitrogens is 1. The highest BCUT2D eigenvalue weighted by atomic mass is 16.2. The number of carbonyl (C=O) groups excluding carboxylic acids is 1. The Morgan fingerprint density at radius 2 is 2.24 bits per heavy atom. The average Bonchev–Trinajstić information content (AvgIpc) is 3.30. The lowest BCUT2D eigenvalue weighted by atomic mass is 10.1. The number of aromatic amines is 1. The Morgan fingerprint density at radius 1 is 1.36 bits per heavy atom. The largest absolute Gasteiger partial charge is 0.327 e. The topological polar surface area (TPSA) is 78.0 Å². The number of nitrogens with zero attached hydrogens (tertiary/aromatic N) is 5. The first kappa shape index (κ1) is 16.2. The molecule has 2 aliphatic rings. The van der Waals surface area contributed by atoms with Gasteiger partial charge in [0.05, 0.1) is 11.7 Å². The van der Waals surface area contributed by atoms with Crippen LogP contribution in [0.4, 0.5) is 0 Å². The molecular formula is C18H24N6O. The van der Waals surface area contributed by atoms with E-state index < -0.39 is 0 Å². The Kier molecular flexibility index (Phi) is 4.25. The van der Waals surface area contributed by atoms with Crippen molar-refractivity contribution in [3.63, 3.8) is 0 Å². The predicted octanol–water partition coefficient (Wildman–Crippen LogP) is 1.73. The number of carbonyl (C=O) groups is 1. The Bertz CT molecular complexity index is 784. The molecule has 7 nitrogen and oxygen atoms in total. The lowest BCUT2D eigenvalue weighted by Gasteiger charge is -2.23. The number of aryl methyl sites for hydroxylation is 1. The van der Waals surface area contributed by atoms with Crippen molar-refractivity contribution in [1.82, 2.24) is 30.0 Å². The molecule has 132 valence electrons. The summed E-state index contributed by atoms with van der Waals surface area (Å²) in [5.41, 5.74) is 3.82. The fourth-order valence-corrected chi connectivity index (χ4v) is 3.90. The second-order valence-corrected chi connectivity index (χ2v) is 7.18. The molecule has 25 heavy (non-hydrogen) atoms. The van der Waals surface area contributed by atoms with E-state index >= 15 is 0 Å². The summed E-state index contributed by atoms with van der Waals surface area (Å²) in [6, 6.07) is 1.88. The van der Waals surface area contributed by atoms with Gasteiger partial charge >= 0.3 is 0 Å². The van der Waals surface area contributed by atoms with Crippen LogP contribution in [0.25, 0.3) is 0 Å². The van der Waals surface area contributed by atoms with Crippen molar-refractivity contribution in [2.45, 2.75) is 44.7 Å². The van der Waals surface area contributed by atoms with E-state index in [4.69, 9.17) is 4.98 Å². The fraction of sp³-hybridized carbons (Fsp3) is 0.556. The molecule has 1 amide bonds. The second-order valence-electron chi connectivity index (χ2n) is 7.18. The highest BCUT2D eigenvalue weighted by molar-refractivity contribution is 5.94. The molecule has 1 aliphatic carbocycles. The molecule has 0 bridgehead atoms. The zero-order valence-corrected chi connectivity index (χ0v) is 14.8. The molecule has 1 atom stereocenters. The summed E-state index contributed by atoms with van der Waals surface area (Å²) in [5.74, 6) is 0.765. The quantitative estimate of drug-likeness (QED) is 0.917. The number of likely N-dealkylation sites (tertiary alicyclic amines) is 1. The van der Waals surface area contributed by atoms with Crippen LogP contribution in [0.2, 0.25) is 0 Å². The number of hydrogen-bond acceptors (Lipinski definition) is 5. The van der Waals surface area contributed by atoms with Crippen LogP contribution < -0.4 is 0 Å². The molecule has 0 saturated carbocycles. The Labute approximate surface area is 147 Å². The standard InChI is InChI=1S/C18H24N6O/c1-23(2)11-12-8-9-19-17(20-12)15-7-4-10-24(15)18(25)16-13-5-3-6-14(13)21-22-16/h8-9,15H,3-7,10-11H2,1-2H3,(H,21,22)/t15-/m0/s1. The van der Waals surface area contributed by atoms with E-state index in [1.165, 1.54) is 0 Å². The summed E-state index contributed by atoms with van der Waals surface area (Å²) in [6.45, 7) is 1.51. The molecule has 0 spiro atoms. The van der Waals surface area contributed by atoms with E-state index in [0.717, 1.165) is 68.0 Å². The number of nitrogens with one attached hydrogen (secondary N) is 1. The number of fused-ring (bicyclic) bond motifs is 1. The van der Waals surface area contributed by atoms with Crippen molar-refractivity contribution in [1.29, 1.82) is 0 Å². The molecule has 0 unspecified atom stereocenters. The zero-order valence-electron chi connectivity index (χ0n) is 14.8. The van der Waals surface area contributed by atoms with E-state index in [-0.39, 0.29) is 11.9 Å². The third-order valence-electron chi connectivity index (χ3n) is 5.03. The lowest BCUT2D eigenvalue weighted by Crippen LogP contribution is -2.32. The maximum absolute atomic E-state index is 13.1. The first-order valence-corrected chi connectivity index (χ1v) is 8.97. The van der Waals surface area contributed by atoms with Crippen molar-refractivity contribution < 1.29 is 4.79 Å². The van der Waals surface area contributed by atoms with Gasteiger partial charge in [-0.1, -0.05) is 0 Å². The number of rotatable bonds is 4. The van der Waals surface area contributed by atoms with Crippen molar-refractivity contribution in [2.24, 2.45) is 0 Å². The van der Waals surface area contributed by atoms with Crippen LogP contribution in [-0.2, 0) is 19.4 Å². The Hall–Kier alpha value is -2.28. The molecule has 0 aromatic carbocycles. The van der Waals surface area contributed by atoms with Crippen molar-refractivity contribution in [3.8, 4) is 0 Å². The van der Waals surface area contributed by atoms with Gasteiger partial charge in [-0.25, -0.2) is 9.97 Å². The third kappa shape index (κ3) is 3.04. The van der Waals surface area contributed by atoms with Gasteiger partial charge in [-0.15, -0.1) is 0 Å². The van der Waals surface area contributed by atoms with Crippen LogP contribution in [-0.4, -0.2) is 56.5 Å². The number of aromatic nitrogens is 4. The molecule has 1 saturated heterocycles. The van der Waals surface area contributed by atoms with E-state index in [2.05, 4.69) is 20.1 Å². The maximum atomic E-state index is 13.1. The van der Waals surface area contributed by atoms with Gasteiger partial charge < -0.3 is 9.80 Å². The molecule has 4 rings (SSSR count). The van der Waals surface area contributed by atoms with Gasteiger partial charge in [0.25, 0.3) is 5.91 Å². The van der Waals surface area contributed by atoms with Crippen LogP contribution in [0, 0.1) is 0 Å². The van der Waals surface area contributed by atoms with Gasteiger partial charge in [0, 0.05) is 30.5 Å². The van der Waals surface area contributed by atoms with E-state index in [0.29, 0.717) is 5.69 Å². The molecule has 1 aliphatic heterocycles. The first-order chi connectivity index (χ1) is 12.1. The van der Waals surface area contributed by atoms with Crippen molar-refractivity contribution >= 4 is 5.91 Å². The summed E-state index contributed by atoms with van der Waals surface area (Å²) >= 11 is 0. The van der Waals surface area contributed by atoms with Gasteiger partial charge in [-0.05, 0) is 52.3 Å².